The van der Waals surface area contributed by atoms with Crippen LogP contribution in [0, 0.1) is 5.82 Å². The van der Waals surface area contributed by atoms with E-state index in [2.05, 4.69) is 31.0 Å². The normalized spacial score (nSPS) is 11.1. The Hall–Kier alpha value is -1.53. The lowest BCUT2D eigenvalue weighted by Gasteiger charge is -2.04. The summed E-state index contributed by atoms with van der Waals surface area (Å²) in [5, 5.41) is 4.97. The highest BCUT2D eigenvalue weighted by atomic mass is 79.9. The maximum atomic E-state index is 13.9. The smallest absolute Gasteiger partial charge is 0.167 e. The largest absolute Gasteiger partial charge is 0.224 e. The number of hydrogen-bond acceptors (Lipinski definition) is 3. The molecule has 0 unspecified atom stereocenters. The van der Waals surface area contributed by atoms with E-state index in [1.165, 1.54) is 23.3 Å². The minimum absolute atomic E-state index is 0.295. The SMILES string of the molecule is Fc1cc(Br)ccc1-n1ncc2c(Cl)ncnc21. The summed E-state index contributed by atoms with van der Waals surface area (Å²) >= 11 is 9.12. The van der Waals surface area contributed by atoms with Crippen molar-refractivity contribution in [3.8, 4) is 5.69 Å². The molecule has 4 nitrogen and oxygen atoms in total. The van der Waals surface area contributed by atoms with Crippen LogP contribution in [0.25, 0.3) is 16.7 Å². The molecule has 0 N–H and O–H groups in total. The third-order valence-electron chi connectivity index (χ3n) is 2.46. The van der Waals surface area contributed by atoms with E-state index in [-0.39, 0.29) is 0 Å². The first-order valence-corrected chi connectivity index (χ1v) is 6.13. The molecule has 18 heavy (non-hydrogen) atoms. The quantitative estimate of drug-likeness (QED) is 0.644. The first-order chi connectivity index (χ1) is 8.66. The van der Waals surface area contributed by atoms with Crippen molar-refractivity contribution in [3.05, 3.63) is 46.2 Å². The molecule has 3 rings (SSSR count). The Labute approximate surface area is 115 Å². The van der Waals surface area contributed by atoms with Crippen molar-refractivity contribution in [1.29, 1.82) is 0 Å². The average Bonchev–Trinajstić information content (AvgIpc) is 2.74. The van der Waals surface area contributed by atoms with Crippen molar-refractivity contribution < 1.29 is 4.39 Å². The van der Waals surface area contributed by atoms with E-state index in [1.54, 1.807) is 12.1 Å². The van der Waals surface area contributed by atoms with Gasteiger partial charge in [-0.3, -0.25) is 0 Å². The molecule has 90 valence electrons. The Morgan fingerprint density at radius 3 is 2.89 bits per heavy atom. The summed E-state index contributed by atoms with van der Waals surface area (Å²) in [6, 6.07) is 4.71. The zero-order chi connectivity index (χ0) is 12.7. The molecule has 0 amide bonds. The summed E-state index contributed by atoms with van der Waals surface area (Å²) in [7, 11) is 0. The van der Waals surface area contributed by atoms with E-state index in [9.17, 15) is 4.39 Å². The molecule has 7 heteroatoms. The topological polar surface area (TPSA) is 43.6 Å². The van der Waals surface area contributed by atoms with Crippen molar-refractivity contribution in [1.82, 2.24) is 19.7 Å². The monoisotopic (exact) mass is 326 g/mol. The molecule has 1 aromatic carbocycles. The maximum absolute atomic E-state index is 13.9. The van der Waals surface area contributed by atoms with Crippen LogP contribution in [-0.2, 0) is 0 Å². The Bertz CT molecular complexity index is 743. The molecule has 2 heterocycles. The number of halogens is 3. The summed E-state index contributed by atoms with van der Waals surface area (Å²) in [6.07, 6.45) is 2.83. The van der Waals surface area contributed by atoms with Gasteiger partial charge in [0.2, 0.25) is 0 Å². The fourth-order valence-electron chi connectivity index (χ4n) is 1.64. The molecule has 0 radical (unpaired) electrons. The average molecular weight is 328 g/mol. The molecule has 0 aliphatic rings. The van der Waals surface area contributed by atoms with Crippen molar-refractivity contribution in [2.24, 2.45) is 0 Å². The maximum Gasteiger partial charge on any atom is 0.167 e. The molecule has 0 saturated heterocycles. The fraction of sp³-hybridized carbons (Fsp3) is 0. The lowest BCUT2D eigenvalue weighted by atomic mass is 10.3. The molecule has 0 atom stereocenters. The van der Waals surface area contributed by atoms with Crippen LogP contribution in [0.15, 0.2) is 35.2 Å². The van der Waals surface area contributed by atoms with Crippen LogP contribution >= 0.6 is 27.5 Å². The highest BCUT2D eigenvalue weighted by Gasteiger charge is 2.12. The van der Waals surface area contributed by atoms with E-state index >= 15 is 0 Å². The molecule has 0 aliphatic carbocycles. The van der Waals surface area contributed by atoms with Crippen molar-refractivity contribution >= 4 is 38.6 Å². The molecule has 0 fully saturated rings. The second-order valence-electron chi connectivity index (χ2n) is 3.55. The molecule has 0 saturated carbocycles. The van der Waals surface area contributed by atoms with Gasteiger partial charge in [0, 0.05) is 4.47 Å². The number of rotatable bonds is 1. The van der Waals surface area contributed by atoms with Crippen LogP contribution in [-0.4, -0.2) is 19.7 Å². The van der Waals surface area contributed by atoms with E-state index in [0.29, 0.717) is 26.3 Å². The number of nitrogens with zero attached hydrogens (tertiary/aromatic N) is 4. The van der Waals surface area contributed by atoms with Crippen molar-refractivity contribution in [3.63, 3.8) is 0 Å². The summed E-state index contributed by atoms with van der Waals surface area (Å²) in [5.74, 6) is -0.399. The Kier molecular flexibility index (Phi) is 2.76. The van der Waals surface area contributed by atoms with Gasteiger partial charge in [-0.15, -0.1) is 0 Å². The lowest BCUT2D eigenvalue weighted by molar-refractivity contribution is 0.611. The molecular weight excluding hydrogens is 323 g/mol. The van der Waals surface area contributed by atoms with Crippen LogP contribution in [0.1, 0.15) is 0 Å². The minimum Gasteiger partial charge on any atom is -0.224 e. The van der Waals surface area contributed by atoms with Gasteiger partial charge in [-0.25, -0.2) is 19.0 Å². The summed E-state index contributed by atoms with van der Waals surface area (Å²) in [5.41, 5.74) is 0.777. The molecule has 0 spiro atoms. The first-order valence-electron chi connectivity index (χ1n) is 4.96. The molecule has 0 bridgehead atoms. The second-order valence-corrected chi connectivity index (χ2v) is 4.83. The van der Waals surface area contributed by atoms with E-state index in [0.717, 1.165) is 0 Å². The highest BCUT2D eigenvalue weighted by Crippen LogP contribution is 2.24. The van der Waals surface area contributed by atoms with Crippen molar-refractivity contribution in [2.45, 2.75) is 0 Å². The number of aromatic nitrogens is 4. The lowest BCUT2D eigenvalue weighted by Crippen LogP contribution is -2.00. The Morgan fingerprint density at radius 1 is 1.28 bits per heavy atom. The van der Waals surface area contributed by atoms with Gasteiger partial charge in [-0.05, 0) is 18.2 Å². The molecule has 0 aliphatic heterocycles. The summed E-state index contributed by atoms with van der Waals surface area (Å²) < 4.78 is 15.9. The zero-order valence-corrected chi connectivity index (χ0v) is 11.2. The molecule has 2 aromatic heterocycles. The van der Waals surface area contributed by atoms with E-state index in [4.69, 9.17) is 11.6 Å². The summed E-state index contributed by atoms with van der Waals surface area (Å²) in [4.78, 5) is 7.92. The first kappa shape index (κ1) is 11.6. The second kappa shape index (κ2) is 4.29. The minimum atomic E-state index is -0.399. The predicted molar refractivity (Wildman–Crippen MR) is 69.3 cm³/mol. The Balaban J connectivity index is 2.29. The van der Waals surface area contributed by atoms with Crippen LogP contribution in [0.5, 0.6) is 0 Å². The van der Waals surface area contributed by atoms with Crippen molar-refractivity contribution in [2.75, 3.05) is 0 Å². The van der Waals surface area contributed by atoms with Gasteiger partial charge in [0.15, 0.2) is 5.65 Å². The number of benzene rings is 1. The van der Waals surface area contributed by atoms with Gasteiger partial charge >= 0.3 is 0 Å². The molecular formula is C11H5BrClFN4. The van der Waals surface area contributed by atoms with Crippen LogP contribution in [0.3, 0.4) is 0 Å². The zero-order valence-electron chi connectivity index (χ0n) is 8.81. The van der Waals surface area contributed by atoms with Gasteiger partial charge in [-0.2, -0.15) is 5.10 Å². The van der Waals surface area contributed by atoms with E-state index in [1.807, 2.05) is 0 Å². The van der Waals surface area contributed by atoms with Crippen LogP contribution < -0.4 is 0 Å². The Morgan fingerprint density at radius 2 is 2.11 bits per heavy atom. The van der Waals surface area contributed by atoms with Crippen LogP contribution in [0.2, 0.25) is 5.15 Å². The van der Waals surface area contributed by atoms with Crippen LogP contribution in [0.4, 0.5) is 4.39 Å². The van der Waals surface area contributed by atoms with Gasteiger partial charge in [0.1, 0.15) is 23.0 Å². The predicted octanol–water partition coefficient (Wildman–Crippen LogP) is 3.37. The summed E-state index contributed by atoms with van der Waals surface area (Å²) in [6.45, 7) is 0. The third-order valence-corrected chi connectivity index (χ3v) is 3.25. The van der Waals surface area contributed by atoms with E-state index < -0.39 is 5.82 Å². The van der Waals surface area contributed by atoms with Gasteiger partial charge in [0.05, 0.1) is 11.6 Å². The number of hydrogen-bond donors (Lipinski definition) is 0. The molecule has 3 aromatic rings. The fourth-order valence-corrected chi connectivity index (χ4v) is 2.15. The third kappa shape index (κ3) is 1.77. The standard InChI is InChI=1S/C11H5BrClFN4/c12-6-1-2-9(8(14)3-6)18-11-7(4-17-18)10(13)15-5-16-11/h1-5H. The highest BCUT2D eigenvalue weighted by molar-refractivity contribution is 9.10. The van der Waals surface area contributed by atoms with Gasteiger partial charge in [0.25, 0.3) is 0 Å². The number of fused-ring (bicyclic) bond motifs is 1. The van der Waals surface area contributed by atoms with Gasteiger partial charge in [-0.1, -0.05) is 27.5 Å². The van der Waals surface area contributed by atoms with Gasteiger partial charge < -0.3 is 0 Å².